The third-order valence-electron chi connectivity index (χ3n) is 3.79. The van der Waals surface area contributed by atoms with E-state index in [-0.39, 0.29) is 28.8 Å². The molecule has 0 aliphatic rings. The number of nitrogens with one attached hydrogen (secondary N) is 1. The lowest BCUT2D eigenvalue weighted by atomic mass is 10.1. The molecule has 0 aliphatic heterocycles. The minimum absolute atomic E-state index is 0.169. The summed E-state index contributed by atoms with van der Waals surface area (Å²) in [6.07, 6.45) is 1.77. The zero-order valence-corrected chi connectivity index (χ0v) is 15.8. The number of carbonyl (C=O) groups excluding carboxylic acids is 1. The molecule has 0 saturated carbocycles. The van der Waals surface area contributed by atoms with Crippen molar-refractivity contribution in [3.05, 3.63) is 40.9 Å². The van der Waals surface area contributed by atoms with Crippen LogP contribution >= 0.6 is 11.6 Å². The van der Waals surface area contributed by atoms with Crippen molar-refractivity contribution in [2.75, 3.05) is 20.3 Å². The second-order valence-electron chi connectivity index (χ2n) is 5.97. The SMILES string of the molecule is CC[C@H](OC[C@@H](C)CF)c1cc(Cl)nc(-c2cc(C(=O)NC)ncn2)c1. The van der Waals surface area contributed by atoms with Crippen molar-refractivity contribution in [1.29, 1.82) is 0 Å². The largest absolute Gasteiger partial charge is 0.373 e. The van der Waals surface area contributed by atoms with Gasteiger partial charge in [-0.15, -0.1) is 0 Å². The number of hydrogen-bond acceptors (Lipinski definition) is 5. The molecular formula is C18H22ClFN4O2. The van der Waals surface area contributed by atoms with Gasteiger partial charge in [-0.1, -0.05) is 25.4 Å². The number of carbonyl (C=O) groups is 1. The summed E-state index contributed by atoms with van der Waals surface area (Å²) in [5.41, 5.74) is 2.06. The maximum absolute atomic E-state index is 12.7. The fourth-order valence-corrected chi connectivity index (χ4v) is 2.58. The predicted octanol–water partition coefficient (Wildman–Crippen LogP) is 3.62. The van der Waals surface area contributed by atoms with Crippen molar-refractivity contribution in [3.63, 3.8) is 0 Å². The van der Waals surface area contributed by atoms with Crippen LogP contribution in [0.15, 0.2) is 24.5 Å². The van der Waals surface area contributed by atoms with Crippen LogP contribution in [-0.2, 0) is 4.74 Å². The molecule has 1 N–H and O–H groups in total. The quantitative estimate of drug-likeness (QED) is 0.707. The second kappa shape index (κ2) is 9.54. The molecule has 1 amide bonds. The number of rotatable bonds is 8. The van der Waals surface area contributed by atoms with Crippen LogP contribution in [0.2, 0.25) is 5.15 Å². The van der Waals surface area contributed by atoms with Crippen molar-refractivity contribution in [3.8, 4) is 11.4 Å². The molecule has 0 spiro atoms. The highest BCUT2D eigenvalue weighted by molar-refractivity contribution is 6.29. The lowest BCUT2D eigenvalue weighted by Gasteiger charge is -2.19. The summed E-state index contributed by atoms with van der Waals surface area (Å²) in [4.78, 5) is 24.2. The third kappa shape index (κ3) is 5.19. The fraction of sp³-hybridized carbons (Fsp3) is 0.444. The van der Waals surface area contributed by atoms with Crippen LogP contribution in [0.1, 0.15) is 42.4 Å². The molecule has 8 heteroatoms. The summed E-state index contributed by atoms with van der Waals surface area (Å²) in [5, 5.41) is 2.81. The van der Waals surface area contributed by atoms with Gasteiger partial charge in [0.1, 0.15) is 17.2 Å². The van der Waals surface area contributed by atoms with Crippen LogP contribution in [0.25, 0.3) is 11.4 Å². The highest BCUT2D eigenvalue weighted by Gasteiger charge is 2.16. The Morgan fingerprint density at radius 3 is 2.73 bits per heavy atom. The molecule has 26 heavy (non-hydrogen) atoms. The molecule has 2 aromatic rings. The number of pyridine rings is 1. The van der Waals surface area contributed by atoms with Gasteiger partial charge in [0.25, 0.3) is 5.91 Å². The minimum atomic E-state index is -0.429. The molecule has 0 saturated heterocycles. The van der Waals surface area contributed by atoms with E-state index in [0.29, 0.717) is 24.4 Å². The lowest BCUT2D eigenvalue weighted by molar-refractivity contribution is 0.0244. The van der Waals surface area contributed by atoms with Gasteiger partial charge in [0.15, 0.2) is 0 Å². The molecule has 2 rings (SSSR count). The van der Waals surface area contributed by atoms with Crippen molar-refractivity contribution in [1.82, 2.24) is 20.3 Å². The molecule has 0 unspecified atom stereocenters. The third-order valence-corrected chi connectivity index (χ3v) is 3.99. The molecule has 0 fully saturated rings. The second-order valence-corrected chi connectivity index (χ2v) is 6.35. The normalized spacial score (nSPS) is 13.3. The molecular weight excluding hydrogens is 359 g/mol. The zero-order chi connectivity index (χ0) is 19.1. The average Bonchev–Trinajstić information content (AvgIpc) is 2.67. The van der Waals surface area contributed by atoms with E-state index in [1.165, 1.54) is 13.4 Å². The Morgan fingerprint density at radius 1 is 1.31 bits per heavy atom. The van der Waals surface area contributed by atoms with Gasteiger partial charge < -0.3 is 10.1 Å². The molecule has 0 bridgehead atoms. The van der Waals surface area contributed by atoms with Crippen LogP contribution in [0.3, 0.4) is 0 Å². The number of amides is 1. The van der Waals surface area contributed by atoms with E-state index in [0.717, 1.165) is 5.56 Å². The molecule has 2 aromatic heterocycles. The van der Waals surface area contributed by atoms with Gasteiger partial charge in [0.2, 0.25) is 0 Å². The molecule has 0 aliphatic carbocycles. The minimum Gasteiger partial charge on any atom is -0.373 e. The van der Waals surface area contributed by atoms with Crippen molar-refractivity contribution < 1.29 is 13.9 Å². The van der Waals surface area contributed by atoms with E-state index in [9.17, 15) is 9.18 Å². The summed E-state index contributed by atoms with van der Waals surface area (Å²) in [6, 6.07) is 5.09. The average molecular weight is 381 g/mol. The first kappa shape index (κ1) is 20.2. The standard InChI is InChI=1S/C18H22ClFN4O2/c1-4-16(26-9-11(2)8-20)12-5-14(24-17(19)6-12)13-7-15(18(25)21-3)23-10-22-13/h5-7,10-11,16H,4,8-9H2,1-3H3,(H,21,25)/t11-,16-/m0/s1. The Hall–Kier alpha value is -2.12. The molecule has 2 heterocycles. The van der Waals surface area contributed by atoms with Gasteiger partial charge in [-0.25, -0.2) is 15.0 Å². The number of nitrogens with zero attached hydrogens (tertiary/aromatic N) is 3. The van der Waals surface area contributed by atoms with Crippen LogP contribution in [0.4, 0.5) is 4.39 Å². The van der Waals surface area contributed by atoms with E-state index in [1.807, 2.05) is 13.0 Å². The summed E-state index contributed by atoms with van der Waals surface area (Å²) in [5.74, 6) is -0.483. The van der Waals surface area contributed by atoms with Crippen molar-refractivity contribution in [2.45, 2.75) is 26.4 Å². The highest BCUT2D eigenvalue weighted by Crippen LogP contribution is 2.28. The van der Waals surface area contributed by atoms with Gasteiger partial charge in [0, 0.05) is 13.0 Å². The maximum Gasteiger partial charge on any atom is 0.269 e. The lowest BCUT2D eigenvalue weighted by Crippen LogP contribution is -2.19. The molecule has 6 nitrogen and oxygen atoms in total. The first-order valence-corrected chi connectivity index (χ1v) is 8.75. The first-order valence-electron chi connectivity index (χ1n) is 8.38. The monoisotopic (exact) mass is 380 g/mol. The van der Waals surface area contributed by atoms with Crippen LogP contribution < -0.4 is 5.32 Å². The van der Waals surface area contributed by atoms with Crippen molar-refractivity contribution >= 4 is 17.5 Å². The van der Waals surface area contributed by atoms with E-state index in [1.54, 1.807) is 19.1 Å². The van der Waals surface area contributed by atoms with Gasteiger partial charge in [-0.3, -0.25) is 9.18 Å². The van der Waals surface area contributed by atoms with Gasteiger partial charge in [-0.05, 0) is 30.2 Å². The summed E-state index contributed by atoms with van der Waals surface area (Å²) >= 11 is 6.17. The predicted molar refractivity (Wildman–Crippen MR) is 97.8 cm³/mol. The van der Waals surface area contributed by atoms with Gasteiger partial charge in [0.05, 0.1) is 30.8 Å². The smallest absolute Gasteiger partial charge is 0.269 e. The van der Waals surface area contributed by atoms with E-state index >= 15 is 0 Å². The number of alkyl halides is 1. The molecule has 140 valence electrons. The Labute approximate surface area is 157 Å². The topological polar surface area (TPSA) is 77.0 Å². The maximum atomic E-state index is 12.7. The van der Waals surface area contributed by atoms with E-state index in [4.69, 9.17) is 16.3 Å². The Kier molecular flexibility index (Phi) is 7.41. The number of ether oxygens (including phenoxy) is 1. The van der Waals surface area contributed by atoms with Gasteiger partial charge >= 0.3 is 0 Å². The Bertz CT molecular complexity index is 760. The molecule has 0 aromatic carbocycles. The number of hydrogen-bond donors (Lipinski definition) is 1. The van der Waals surface area contributed by atoms with E-state index in [2.05, 4.69) is 20.3 Å². The molecule has 2 atom stereocenters. The first-order chi connectivity index (χ1) is 12.5. The zero-order valence-electron chi connectivity index (χ0n) is 15.0. The van der Waals surface area contributed by atoms with Crippen LogP contribution in [0, 0.1) is 5.92 Å². The van der Waals surface area contributed by atoms with Crippen molar-refractivity contribution in [2.24, 2.45) is 5.92 Å². The van der Waals surface area contributed by atoms with E-state index < -0.39 is 6.67 Å². The fourth-order valence-electron chi connectivity index (χ4n) is 2.36. The summed E-state index contributed by atoms with van der Waals surface area (Å²) < 4.78 is 18.5. The number of aromatic nitrogens is 3. The Morgan fingerprint density at radius 2 is 2.08 bits per heavy atom. The van der Waals surface area contributed by atoms with Crippen LogP contribution in [-0.4, -0.2) is 41.2 Å². The molecule has 0 radical (unpaired) electrons. The van der Waals surface area contributed by atoms with Crippen LogP contribution in [0.5, 0.6) is 0 Å². The Balaban J connectivity index is 2.33. The van der Waals surface area contributed by atoms with Gasteiger partial charge in [-0.2, -0.15) is 0 Å². The number of halogens is 2. The summed E-state index contributed by atoms with van der Waals surface area (Å²) in [6.45, 7) is 3.66. The summed E-state index contributed by atoms with van der Waals surface area (Å²) in [7, 11) is 1.53. The highest BCUT2D eigenvalue weighted by atomic mass is 35.5.